The summed E-state index contributed by atoms with van der Waals surface area (Å²) in [6.07, 6.45) is -3.28. The van der Waals surface area contributed by atoms with Crippen molar-refractivity contribution in [3.05, 3.63) is 34.9 Å². The number of rotatable bonds is 9. The van der Waals surface area contributed by atoms with Gasteiger partial charge >= 0.3 is 6.18 Å². The van der Waals surface area contributed by atoms with Crippen LogP contribution in [0.15, 0.2) is 12.1 Å². The first-order valence-corrected chi connectivity index (χ1v) is 10.00. The molecule has 0 spiro atoms. The molecule has 2 aromatic rings. The average Bonchev–Trinajstić information content (AvgIpc) is 3.60. The lowest BCUT2D eigenvalue weighted by Gasteiger charge is -2.09. The Hall–Kier alpha value is -2.46. The van der Waals surface area contributed by atoms with Crippen molar-refractivity contribution in [2.24, 2.45) is 0 Å². The molecule has 0 aromatic carbocycles. The van der Waals surface area contributed by atoms with Crippen LogP contribution in [0.2, 0.25) is 0 Å². The van der Waals surface area contributed by atoms with Crippen LogP contribution in [0.3, 0.4) is 0 Å². The summed E-state index contributed by atoms with van der Waals surface area (Å²) in [6.45, 7) is 0.338. The molecule has 2 heterocycles. The zero-order chi connectivity index (χ0) is 21.5. The van der Waals surface area contributed by atoms with Gasteiger partial charge in [-0.15, -0.1) is 0 Å². The molecule has 4 rings (SSSR count). The van der Waals surface area contributed by atoms with Crippen LogP contribution >= 0.6 is 0 Å². The zero-order valence-corrected chi connectivity index (χ0v) is 16.1. The van der Waals surface area contributed by atoms with Crippen LogP contribution in [0.25, 0.3) is 0 Å². The standard InChI is InChI=1S/C19H22F5N5O/c20-18(21)13-8-14(11-2-3-11)29(26-13)10-17(30)25-6-1-7-28-15(12-4-5-12)9-16(27-28)19(22,23)24/h8-9,11-12,18H,1-7,10H2,(H,25,30). The first-order chi connectivity index (χ1) is 14.2. The van der Waals surface area contributed by atoms with Crippen molar-refractivity contribution in [2.45, 2.75) is 69.6 Å². The maximum Gasteiger partial charge on any atom is 0.435 e. The van der Waals surface area contributed by atoms with Gasteiger partial charge in [0.25, 0.3) is 6.43 Å². The predicted octanol–water partition coefficient (Wildman–Crippen LogP) is 4.00. The van der Waals surface area contributed by atoms with Crippen molar-refractivity contribution in [1.29, 1.82) is 0 Å². The summed E-state index contributed by atoms with van der Waals surface area (Å²) in [6, 6.07) is 2.46. The lowest BCUT2D eigenvalue weighted by molar-refractivity contribution is -0.141. The second kappa shape index (κ2) is 7.99. The molecular formula is C19H22F5N5O. The first kappa shape index (κ1) is 20.8. The minimum atomic E-state index is -4.48. The zero-order valence-electron chi connectivity index (χ0n) is 16.1. The fraction of sp³-hybridized carbons (Fsp3) is 0.632. The van der Waals surface area contributed by atoms with Gasteiger partial charge in [-0.25, -0.2) is 8.78 Å². The molecule has 1 amide bonds. The smallest absolute Gasteiger partial charge is 0.354 e. The molecule has 0 unspecified atom stereocenters. The largest absolute Gasteiger partial charge is 0.435 e. The van der Waals surface area contributed by atoms with Gasteiger partial charge < -0.3 is 5.32 Å². The van der Waals surface area contributed by atoms with E-state index >= 15 is 0 Å². The Morgan fingerprint density at radius 1 is 1.07 bits per heavy atom. The molecule has 2 aliphatic rings. The van der Waals surface area contributed by atoms with Crippen LogP contribution in [-0.4, -0.2) is 32.0 Å². The van der Waals surface area contributed by atoms with E-state index in [1.807, 2.05) is 0 Å². The minimum Gasteiger partial charge on any atom is -0.354 e. The van der Waals surface area contributed by atoms with Gasteiger partial charge in [-0.2, -0.15) is 23.4 Å². The van der Waals surface area contributed by atoms with Gasteiger partial charge in [0.05, 0.1) is 0 Å². The number of amides is 1. The third-order valence-electron chi connectivity index (χ3n) is 5.31. The van der Waals surface area contributed by atoms with Crippen molar-refractivity contribution < 1.29 is 26.7 Å². The normalized spacial score (nSPS) is 17.0. The highest BCUT2D eigenvalue weighted by molar-refractivity contribution is 5.75. The lowest BCUT2D eigenvalue weighted by Crippen LogP contribution is -2.30. The van der Waals surface area contributed by atoms with Crippen LogP contribution in [0.1, 0.15) is 73.1 Å². The van der Waals surface area contributed by atoms with Gasteiger partial charge in [0.15, 0.2) is 5.69 Å². The average molecular weight is 431 g/mol. The molecule has 0 atom stereocenters. The first-order valence-electron chi connectivity index (χ1n) is 10.00. The van der Waals surface area contributed by atoms with Gasteiger partial charge in [0.2, 0.25) is 5.91 Å². The highest BCUT2D eigenvalue weighted by Crippen LogP contribution is 2.42. The lowest BCUT2D eigenvalue weighted by atomic mass is 10.2. The van der Waals surface area contributed by atoms with Crippen LogP contribution in [0.4, 0.5) is 22.0 Å². The Labute approximate surface area is 169 Å². The van der Waals surface area contributed by atoms with E-state index in [-0.39, 0.29) is 43.1 Å². The van der Waals surface area contributed by atoms with Crippen molar-refractivity contribution in [3.8, 4) is 0 Å². The van der Waals surface area contributed by atoms with Crippen molar-refractivity contribution in [3.63, 3.8) is 0 Å². The molecule has 2 aromatic heterocycles. The molecule has 0 aliphatic heterocycles. The highest BCUT2D eigenvalue weighted by atomic mass is 19.4. The molecule has 2 fully saturated rings. The van der Waals surface area contributed by atoms with Crippen LogP contribution in [0.5, 0.6) is 0 Å². The Bertz CT molecular complexity index is 911. The maximum atomic E-state index is 12.9. The number of halogens is 5. The fourth-order valence-corrected chi connectivity index (χ4v) is 3.50. The van der Waals surface area contributed by atoms with Crippen molar-refractivity contribution in [1.82, 2.24) is 24.9 Å². The Morgan fingerprint density at radius 2 is 1.70 bits per heavy atom. The monoisotopic (exact) mass is 431 g/mol. The van der Waals surface area contributed by atoms with Crippen LogP contribution < -0.4 is 5.32 Å². The van der Waals surface area contributed by atoms with E-state index < -0.39 is 18.3 Å². The Balaban J connectivity index is 1.29. The summed E-state index contributed by atoms with van der Waals surface area (Å²) in [5.74, 6) is -0.0890. The van der Waals surface area contributed by atoms with E-state index in [1.54, 1.807) is 0 Å². The van der Waals surface area contributed by atoms with E-state index in [9.17, 15) is 26.7 Å². The minimum absolute atomic E-state index is 0.118. The summed E-state index contributed by atoms with van der Waals surface area (Å²) in [5.41, 5.74) is -0.00411. The molecule has 1 N–H and O–H groups in total. The molecule has 164 valence electrons. The van der Waals surface area contributed by atoms with Gasteiger partial charge in [-0.1, -0.05) is 0 Å². The van der Waals surface area contributed by atoms with Crippen molar-refractivity contribution in [2.75, 3.05) is 6.54 Å². The molecule has 0 saturated heterocycles. The van der Waals surface area contributed by atoms with Crippen LogP contribution in [0, 0.1) is 0 Å². The summed E-state index contributed by atoms with van der Waals surface area (Å²) in [5, 5.41) is 10.2. The topological polar surface area (TPSA) is 64.7 Å². The third kappa shape index (κ3) is 4.81. The van der Waals surface area contributed by atoms with E-state index in [4.69, 9.17) is 0 Å². The number of hydrogen-bond acceptors (Lipinski definition) is 3. The molecule has 30 heavy (non-hydrogen) atoms. The van der Waals surface area contributed by atoms with Gasteiger partial charge in [0, 0.05) is 36.3 Å². The molecule has 2 saturated carbocycles. The number of alkyl halides is 5. The van der Waals surface area contributed by atoms with E-state index in [0.717, 1.165) is 31.7 Å². The number of hydrogen-bond donors (Lipinski definition) is 1. The third-order valence-corrected chi connectivity index (χ3v) is 5.31. The Kier molecular flexibility index (Phi) is 5.54. The second-order valence-corrected chi connectivity index (χ2v) is 7.88. The van der Waals surface area contributed by atoms with E-state index in [1.165, 1.54) is 15.4 Å². The number of aryl methyl sites for hydroxylation is 1. The van der Waals surface area contributed by atoms with Gasteiger partial charge in [-0.05, 0) is 44.2 Å². The number of nitrogens with one attached hydrogen (secondary N) is 1. The Morgan fingerprint density at radius 3 is 2.27 bits per heavy atom. The molecule has 11 heteroatoms. The molecule has 2 aliphatic carbocycles. The summed E-state index contributed by atoms with van der Waals surface area (Å²) < 4.78 is 67.3. The van der Waals surface area contributed by atoms with Crippen LogP contribution in [-0.2, 0) is 24.1 Å². The van der Waals surface area contributed by atoms with Gasteiger partial charge in [0.1, 0.15) is 12.2 Å². The molecule has 0 radical (unpaired) electrons. The number of aromatic nitrogens is 4. The van der Waals surface area contributed by atoms with Gasteiger partial charge in [-0.3, -0.25) is 14.2 Å². The highest BCUT2D eigenvalue weighted by Gasteiger charge is 2.37. The second-order valence-electron chi connectivity index (χ2n) is 7.88. The number of carbonyl (C=O) groups excluding carboxylic acids is 1. The summed E-state index contributed by atoms with van der Waals surface area (Å²) in [4.78, 5) is 12.2. The number of carbonyl (C=O) groups is 1. The summed E-state index contributed by atoms with van der Waals surface area (Å²) in [7, 11) is 0. The molecule has 6 nitrogen and oxygen atoms in total. The number of nitrogens with zero attached hydrogens (tertiary/aromatic N) is 4. The van der Waals surface area contributed by atoms with E-state index in [0.29, 0.717) is 17.8 Å². The molecule has 0 bridgehead atoms. The maximum absolute atomic E-state index is 12.9. The fourth-order valence-electron chi connectivity index (χ4n) is 3.50. The SMILES string of the molecule is O=C(Cn1nc(C(F)F)cc1C1CC1)NCCCn1nc(C(F)(F)F)cc1C1CC1. The summed E-state index contributed by atoms with van der Waals surface area (Å²) >= 11 is 0. The van der Waals surface area contributed by atoms with E-state index in [2.05, 4.69) is 15.5 Å². The van der Waals surface area contributed by atoms with Crippen molar-refractivity contribution >= 4 is 5.91 Å². The quantitative estimate of drug-likeness (QED) is 0.482. The predicted molar refractivity (Wildman–Crippen MR) is 96.0 cm³/mol. The molecular weight excluding hydrogens is 409 g/mol.